The molecular weight excluding hydrogens is 320 g/mol. The normalized spacial score (nSPS) is 20.5. The zero-order valence-corrected chi connectivity index (χ0v) is 14.3. The quantitative estimate of drug-likeness (QED) is 0.922. The number of amides is 1. The van der Waals surface area contributed by atoms with Gasteiger partial charge in [0.1, 0.15) is 12.4 Å². The van der Waals surface area contributed by atoms with Gasteiger partial charge in [-0.25, -0.2) is 4.98 Å². The third-order valence-electron chi connectivity index (χ3n) is 4.84. The number of benzene rings is 1. The highest BCUT2D eigenvalue weighted by Gasteiger charge is 2.34. The molecule has 1 aromatic carbocycles. The summed E-state index contributed by atoms with van der Waals surface area (Å²) in [6.07, 6.45) is 2.03. The van der Waals surface area contributed by atoms with E-state index in [1.807, 2.05) is 29.2 Å². The topological polar surface area (TPSA) is 80.3 Å². The summed E-state index contributed by atoms with van der Waals surface area (Å²) in [6, 6.07) is 7.45. The van der Waals surface area contributed by atoms with Gasteiger partial charge in [-0.3, -0.25) is 9.89 Å². The second-order valence-corrected chi connectivity index (χ2v) is 6.46. The summed E-state index contributed by atoms with van der Waals surface area (Å²) in [6.45, 7) is 3.70. The van der Waals surface area contributed by atoms with E-state index in [1.165, 1.54) is 0 Å². The SMILES string of the molecule is CCc1nc(C2CCN(C(=O)[C@@H]3COc4ccccc4O3)CC2)n[nH]1. The van der Waals surface area contributed by atoms with Gasteiger partial charge in [0.2, 0.25) is 6.10 Å². The number of rotatable bonds is 3. The third-order valence-corrected chi connectivity index (χ3v) is 4.84. The van der Waals surface area contributed by atoms with Gasteiger partial charge in [-0.15, -0.1) is 0 Å². The molecule has 1 N–H and O–H groups in total. The first kappa shape index (κ1) is 15.9. The number of likely N-dealkylation sites (tertiary alicyclic amines) is 1. The van der Waals surface area contributed by atoms with Crippen LogP contribution in [0.3, 0.4) is 0 Å². The molecule has 2 aliphatic rings. The van der Waals surface area contributed by atoms with E-state index in [-0.39, 0.29) is 12.5 Å². The van der Waals surface area contributed by atoms with Crippen LogP contribution in [0.2, 0.25) is 0 Å². The number of hydrogen-bond donors (Lipinski definition) is 1. The smallest absolute Gasteiger partial charge is 0.267 e. The largest absolute Gasteiger partial charge is 0.485 e. The molecule has 0 radical (unpaired) electrons. The Balaban J connectivity index is 1.35. The lowest BCUT2D eigenvalue weighted by Gasteiger charge is -2.34. The number of hydrogen-bond acceptors (Lipinski definition) is 5. The van der Waals surface area contributed by atoms with E-state index in [0.29, 0.717) is 30.5 Å². The number of piperidine rings is 1. The van der Waals surface area contributed by atoms with E-state index in [1.54, 1.807) is 0 Å². The van der Waals surface area contributed by atoms with E-state index in [4.69, 9.17) is 9.47 Å². The lowest BCUT2D eigenvalue weighted by molar-refractivity contribution is -0.142. The van der Waals surface area contributed by atoms with Crippen molar-refractivity contribution in [3.8, 4) is 11.5 Å². The molecule has 0 unspecified atom stereocenters. The van der Waals surface area contributed by atoms with Crippen LogP contribution in [0.5, 0.6) is 11.5 Å². The van der Waals surface area contributed by atoms with Gasteiger partial charge in [-0.1, -0.05) is 19.1 Å². The predicted molar refractivity (Wildman–Crippen MR) is 90.7 cm³/mol. The number of carbonyl (C=O) groups is 1. The summed E-state index contributed by atoms with van der Waals surface area (Å²) in [5.74, 6) is 3.42. The van der Waals surface area contributed by atoms with Crippen LogP contribution < -0.4 is 9.47 Å². The minimum Gasteiger partial charge on any atom is -0.485 e. The molecule has 2 aliphatic heterocycles. The number of aromatic amines is 1. The lowest BCUT2D eigenvalue weighted by atomic mass is 9.96. The minimum atomic E-state index is -0.568. The summed E-state index contributed by atoms with van der Waals surface area (Å²) in [4.78, 5) is 19.1. The number of aryl methyl sites for hydroxylation is 1. The van der Waals surface area contributed by atoms with Crippen LogP contribution in [0.15, 0.2) is 24.3 Å². The van der Waals surface area contributed by atoms with E-state index >= 15 is 0 Å². The molecule has 132 valence electrons. The molecule has 2 aromatic rings. The fourth-order valence-electron chi connectivity index (χ4n) is 3.35. The number of para-hydroxylation sites is 2. The average molecular weight is 342 g/mol. The number of carbonyl (C=O) groups excluding carboxylic acids is 1. The molecule has 1 saturated heterocycles. The molecule has 0 aliphatic carbocycles. The Hall–Kier alpha value is -2.57. The zero-order chi connectivity index (χ0) is 17.2. The molecule has 4 rings (SSSR count). The molecular formula is C18H22N4O3. The zero-order valence-electron chi connectivity index (χ0n) is 14.3. The molecule has 1 fully saturated rings. The fraction of sp³-hybridized carbons (Fsp3) is 0.500. The lowest BCUT2D eigenvalue weighted by Crippen LogP contribution is -2.48. The Labute approximate surface area is 146 Å². The number of H-pyrrole nitrogens is 1. The van der Waals surface area contributed by atoms with Crippen molar-refractivity contribution in [1.29, 1.82) is 0 Å². The molecule has 7 heteroatoms. The molecule has 0 saturated carbocycles. The van der Waals surface area contributed by atoms with Gasteiger partial charge in [-0.2, -0.15) is 5.10 Å². The first-order valence-electron chi connectivity index (χ1n) is 8.83. The summed E-state index contributed by atoms with van der Waals surface area (Å²) in [5.41, 5.74) is 0. The average Bonchev–Trinajstić information content (AvgIpc) is 3.16. The number of aromatic nitrogens is 3. The van der Waals surface area contributed by atoms with E-state index in [9.17, 15) is 4.79 Å². The van der Waals surface area contributed by atoms with Gasteiger partial charge in [-0.05, 0) is 25.0 Å². The standard InChI is InChI=1S/C18H22N4O3/c1-2-16-19-17(21-20-16)12-7-9-22(10-8-12)18(23)15-11-24-13-5-3-4-6-14(13)25-15/h3-6,12,15H,2,7-11H2,1H3,(H,19,20,21)/t15-/m0/s1. The van der Waals surface area contributed by atoms with Crippen LogP contribution in [-0.2, 0) is 11.2 Å². The third kappa shape index (κ3) is 3.18. The second kappa shape index (κ2) is 6.74. The summed E-state index contributed by atoms with van der Waals surface area (Å²) in [7, 11) is 0. The molecule has 1 atom stereocenters. The van der Waals surface area contributed by atoms with Crippen molar-refractivity contribution in [1.82, 2.24) is 20.1 Å². The molecule has 7 nitrogen and oxygen atoms in total. The maximum Gasteiger partial charge on any atom is 0.267 e. The van der Waals surface area contributed by atoms with Crippen LogP contribution in [0, 0.1) is 0 Å². The molecule has 3 heterocycles. The van der Waals surface area contributed by atoms with Crippen molar-refractivity contribution in [3.63, 3.8) is 0 Å². The van der Waals surface area contributed by atoms with Gasteiger partial charge in [0.15, 0.2) is 17.3 Å². The van der Waals surface area contributed by atoms with Crippen LogP contribution in [0.25, 0.3) is 0 Å². The van der Waals surface area contributed by atoms with Gasteiger partial charge in [0, 0.05) is 25.4 Å². The van der Waals surface area contributed by atoms with Crippen molar-refractivity contribution in [2.45, 2.75) is 38.2 Å². The van der Waals surface area contributed by atoms with Gasteiger partial charge in [0.25, 0.3) is 5.91 Å². The maximum atomic E-state index is 12.7. The Kier molecular flexibility index (Phi) is 4.29. The highest BCUT2D eigenvalue weighted by atomic mass is 16.6. The van der Waals surface area contributed by atoms with Crippen molar-refractivity contribution in [2.24, 2.45) is 0 Å². The Morgan fingerprint density at radius 1 is 1.28 bits per heavy atom. The van der Waals surface area contributed by atoms with Gasteiger partial charge < -0.3 is 14.4 Å². The van der Waals surface area contributed by atoms with Crippen LogP contribution >= 0.6 is 0 Å². The molecule has 1 aromatic heterocycles. The summed E-state index contributed by atoms with van der Waals surface area (Å²) in [5, 5.41) is 7.28. The molecule has 0 spiro atoms. The second-order valence-electron chi connectivity index (χ2n) is 6.46. The van der Waals surface area contributed by atoms with E-state index in [0.717, 1.165) is 30.9 Å². The highest BCUT2D eigenvalue weighted by Crippen LogP contribution is 2.32. The Morgan fingerprint density at radius 2 is 2.04 bits per heavy atom. The first-order valence-corrected chi connectivity index (χ1v) is 8.83. The Morgan fingerprint density at radius 3 is 2.76 bits per heavy atom. The van der Waals surface area contributed by atoms with E-state index < -0.39 is 6.10 Å². The summed E-state index contributed by atoms with van der Waals surface area (Å²) >= 11 is 0. The predicted octanol–water partition coefficient (Wildman–Crippen LogP) is 1.91. The van der Waals surface area contributed by atoms with E-state index in [2.05, 4.69) is 22.1 Å². The minimum absolute atomic E-state index is 0.00260. The number of ether oxygens (including phenoxy) is 2. The maximum absolute atomic E-state index is 12.7. The number of fused-ring (bicyclic) bond motifs is 1. The molecule has 25 heavy (non-hydrogen) atoms. The molecule has 0 bridgehead atoms. The van der Waals surface area contributed by atoms with Crippen molar-refractivity contribution in [2.75, 3.05) is 19.7 Å². The van der Waals surface area contributed by atoms with Gasteiger partial charge >= 0.3 is 0 Å². The fourth-order valence-corrected chi connectivity index (χ4v) is 3.35. The Bertz CT molecular complexity index is 752. The van der Waals surface area contributed by atoms with Gasteiger partial charge in [0.05, 0.1) is 0 Å². The van der Waals surface area contributed by atoms with Crippen molar-refractivity contribution < 1.29 is 14.3 Å². The van der Waals surface area contributed by atoms with Crippen LogP contribution in [0.1, 0.15) is 37.3 Å². The first-order chi connectivity index (χ1) is 12.2. The molecule has 1 amide bonds. The summed E-state index contributed by atoms with van der Waals surface area (Å²) < 4.78 is 11.5. The monoisotopic (exact) mass is 342 g/mol. The van der Waals surface area contributed by atoms with Crippen LogP contribution in [-0.4, -0.2) is 51.8 Å². The number of nitrogens with zero attached hydrogens (tertiary/aromatic N) is 3. The van der Waals surface area contributed by atoms with Crippen molar-refractivity contribution in [3.05, 3.63) is 35.9 Å². The van der Waals surface area contributed by atoms with Crippen LogP contribution in [0.4, 0.5) is 0 Å². The van der Waals surface area contributed by atoms with Crippen molar-refractivity contribution >= 4 is 5.91 Å². The highest BCUT2D eigenvalue weighted by molar-refractivity contribution is 5.82. The number of nitrogens with one attached hydrogen (secondary N) is 1.